The van der Waals surface area contributed by atoms with Crippen molar-refractivity contribution in [2.75, 3.05) is 26.9 Å². The Bertz CT molecular complexity index is 1030. The van der Waals surface area contributed by atoms with Gasteiger partial charge in [0.1, 0.15) is 17.2 Å². The third-order valence-corrected chi connectivity index (χ3v) is 5.49. The molecule has 0 spiro atoms. The van der Waals surface area contributed by atoms with Gasteiger partial charge in [0.05, 0.1) is 32.0 Å². The molecule has 0 aliphatic heterocycles. The maximum absolute atomic E-state index is 10.6. The molecule has 0 saturated carbocycles. The minimum Gasteiger partial charge on any atom is -0.497 e. The Hall–Kier alpha value is -3.13. The number of rotatable bonds is 13. The van der Waals surface area contributed by atoms with Gasteiger partial charge in [-0.1, -0.05) is 36.4 Å². The summed E-state index contributed by atoms with van der Waals surface area (Å²) in [7, 11) is 3.52. The van der Waals surface area contributed by atoms with E-state index < -0.39 is 6.10 Å². The smallest absolute Gasteiger partial charge is 0.222 e. The molecule has 3 aromatic rings. The lowest BCUT2D eigenvalue weighted by Gasteiger charge is -2.29. The van der Waals surface area contributed by atoms with Crippen LogP contribution in [0.4, 0.5) is 0 Å². The van der Waals surface area contributed by atoms with Crippen LogP contribution in [0.5, 0.6) is 17.4 Å². The monoisotopic (exact) mass is 465 g/mol. The van der Waals surface area contributed by atoms with Crippen molar-refractivity contribution in [3.63, 3.8) is 0 Å². The van der Waals surface area contributed by atoms with Crippen LogP contribution in [-0.4, -0.2) is 58.8 Å². The van der Waals surface area contributed by atoms with Gasteiger partial charge in [-0.3, -0.25) is 4.90 Å². The molecule has 0 fully saturated rings. The van der Waals surface area contributed by atoms with E-state index in [4.69, 9.17) is 19.3 Å². The first-order valence-electron chi connectivity index (χ1n) is 11.5. The largest absolute Gasteiger partial charge is 0.497 e. The molecule has 2 aromatic carbocycles. The molecule has 7 heteroatoms. The predicted molar refractivity (Wildman–Crippen MR) is 134 cm³/mol. The Morgan fingerprint density at radius 2 is 1.76 bits per heavy atom. The van der Waals surface area contributed by atoms with E-state index in [0.717, 1.165) is 22.6 Å². The highest BCUT2D eigenvalue weighted by Crippen LogP contribution is 2.35. The molecular weight excluding hydrogens is 430 g/mol. The molecule has 1 aromatic heterocycles. The lowest BCUT2D eigenvalue weighted by Crippen LogP contribution is -2.39. The van der Waals surface area contributed by atoms with Gasteiger partial charge in [0.2, 0.25) is 5.88 Å². The van der Waals surface area contributed by atoms with Gasteiger partial charge in [-0.25, -0.2) is 4.68 Å². The molecule has 34 heavy (non-hydrogen) atoms. The summed E-state index contributed by atoms with van der Waals surface area (Å²) in [5.74, 6) is 2.12. The fraction of sp³-hybridized carbons (Fsp3) is 0.370. The van der Waals surface area contributed by atoms with Crippen LogP contribution in [-0.2, 0) is 18.3 Å². The molecule has 7 nitrogen and oxygen atoms in total. The lowest BCUT2D eigenvalue weighted by molar-refractivity contribution is 0.0177. The summed E-state index contributed by atoms with van der Waals surface area (Å²) < 4.78 is 18.8. The zero-order valence-electron chi connectivity index (χ0n) is 20.5. The Morgan fingerprint density at radius 1 is 1.09 bits per heavy atom. The molecule has 3 rings (SSSR count). The number of benzene rings is 2. The zero-order valence-corrected chi connectivity index (χ0v) is 20.5. The van der Waals surface area contributed by atoms with Gasteiger partial charge < -0.3 is 19.3 Å². The van der Waals surface area contributed by atoms with Crippen LogP contribution in [0.3, 0.4) is 0 Å². The summed E-state index contributed by atoms with van der Waals surface area (Å²) in [6, 6.07) is 17.7. The summed E-state index contributed by atoms with van der Waals surface area (Å²) in [6.45, 7) is 9.55. The van der Waals surface area contributed by atoms with E-state index in [-0.39, 0.29) is 12.6 Å². The number of nitrogens with zero attached hydrogens (tertiary/aromatic N) is 3. The van der Waals surface area contributed by atoms with Gasteiger partial charge in [-0.15, -0.1) is 6.58 Å². The van der Waals surface area contributed by atoms with E-state index in [2.05, 4.69) is 25.3 Å². The number of methoxy groups -OCH3 is 1. The zero-order chi connectivity index (χ0) is 24.5. The van der Waals surface area contributed by atoms with Gasteiger partial charge in [0.15, 0.2) is 0 Å². The summed E-state index contributed by atoms with van der Waals surface area (Å²) >= 11 is 0. The molecular formula is C27H35N3O4. The Kier molecular flexibility index (Phi) is 9.27. The SMILES string of the molecule is C=CCOC[C@H](O)CN(Cc1c(-c2ccccc2)nn(C)c1Oc1ccc(OC)cc1)C(C)C. The summed E-state index contributed by atoms with van der Waals surface area (Å²) in [5, 5.41) is 15.4. The van der Waals surface area contributed by atoms with Gasteiger partial charge in [-0.05, 0) is 38.1 Å². The first-order valence-corrected chi connectivity index (χ1v) is 11.5. The second-order valence-electron chi connectivity index (χ2n) is 8.40. The standard InChI is InChI=1S/C27H35N3O4/c1-6-16-33-19-22(31)17-30(20(2)3)18-25-26(21-10-8-7-9-11-21)28-29(4)27(25)34-24-14-12-23(32-5)13-15-24/h6-15,20,22,31H,1,16-19H2,2-5H3/t22-/m1/s1. The minimum atomic E-state index is -0.620. The van der Waals surface area contributed by atoms with Crippen molar-refractivity contribution in [1.29, 1.82) is 0 Å². The molecule has 0 saturated heterocycles. The molecule has 1 heterocycles. The highest BCUT2D eigenvalue weighted by atomic mass is 16.5. The number of aliphatic hydroxyl groups excluding tert-OH is 1. The summed E-state index contributed by atoms with van der Waals surface area (Å²) in [5.41, 5.74) is 2.82. The van der Waals surface area contributed by atoms with Crippen LogP contribution < -0.4 is 9.47 Å². The Balaban J connectivity index is 1.93. The van der Waals surface area contributed by atoms with Gasteiger partial charge in [0, 0.05) is 31.7 Å². The molecule has 0 aliphatic rings. The normalized spacial score (nSPS) is 12.2. The van der Waals surface area contributed by atoms with Gasteiger partial charge in [0.25, 0.3) is 0 Å². The van der Waals surface area contributed by atoms with E-state index in [1.807, 2.05) is 61.6 Å². The van der Waals surface area contributed by atoms with Gasteiger partial charge in [-0.2, -0.15) is 5.10 Å². The number of hydrogen-bond donors (Lipinski definition) is 1. The van der Waals surface area contributed by atoms with Crippen molar-refractivity contribution in [3.05, 3.63) is 72.8 Å². The molecule has 0 amide bonds. The number of aromatic nitrogens is 2. The average Bonchev–Trinajstić information content (AvgIpc) is 3.14. The van der Waals surface area contributed by atoms with Crippen molar-refractivity contribution in [2.45, 2.75) is 32.5 Å². The molecule has 0 aliphatic carbocycles. The van der Waals surface area contributed by atoms with Crippen molar-refractivity contribution >= 4 is 0 Å². The Labute approximate surface area is 202 Å². The first-order chi connectivity index (χ1) is 16.4. The number of aryl methyl sites for hydroxylation is 1. The maximum atomic E-state index is 10.6. The fourth-order valence-corrected chi connectivity index (χ4v) is 3.68. The third kappa shape index (κ3) is 6.70. The average molecular weight is 466 g/mol. The number of hydrogen-bond acceptors (Lipinski definition) is 6. The van der Waals surface area contributed by atoms with Crippen LogP contribution in [0.2, 0.25) is 0 Å². The van der Waals surface area contributed by atoms with Crippen molar-refractivity contribution in [1.82, 2.24) is 14.7 Å². The topological polar surface area (TPSA) is 69.0 Å². The quantitative estimate of drug-likeness (QED) is 0.292. The second kappa shape index (κ2) is 12.4. The van der Waals surface area contributed by atoms with Crippen LogP contribution in [0, 0.1) is 0 Å². The molecule has 0 bridgehead atoms. The van der Waals surface area contributed by atoms with E-state index in [0.29, 0.717) is 31.3 Å². The van der Waals surface area contributed by atoms with Crippen LogP contribution in [0.1, 0.15) is 19.4 Å². The van der Waals surface area contributed by atoms with E-state index in [1.165, 1.54) is 0 Å². The van der Waals surface area contributed by atoms with Crippen LogP contribution >= 0.6 is 0 Å². The van der Waals surface area contributed by atoms with Crippen molar-refractivity contribution in [3.8, 4) is 28.6 Å². The first kappa shape index (κ1) is 25.5. The van der Waals surface area contributed by atoms with Crippen molar-refractivity contribution < 1.29 is 19.3 Å². The Morgan fingerprint density at radius 3 is 2.38 bits per heavy atom. The summed E-state index contributed by atoms with van der Waals surface area (Å²) in [6.07, 6.45) is 1.06. The molecule has 0 unspecified atom stereocenters. The molecule has 0 radical (unpaired) electrons. The molecule has 1 N–H and O–H groups in total. The second-order valence-corrected chi connectivity index (χ2v) is 8.40. The van der Waals surface area contributed by atoms with Gasteiger partial charge >= 0.3 is 0 Å². The minimum absolute atomic E-state index is 0.187. The van der Waals surface area contributed by atoms with E-state index >= 15 is 0 Å². The van der Waals surface area contributed by atoms with Crippen LogP contribution in [0.25, 0.3) is 11.3 Å². The fourth-order valence-electron chi connectivity index (χ4n) is 3.68. The van der Waals surface area contributed by atoms with Crippen LogP contribution in [0.15, 0.2) is 67.3 Å². The highest BCUT2D eigenvalue weighted by Gasteiger charge is 2.24. The summed E-state index contributed by atoms with van der Waals surface area (Å²) in [4.78, 5) is 2.20. The molecule has 182 valence electrons. The highest BCUT2D eigenvalue weighted by molar-refractivity contribution is 5.65. The molecule has 1 atom stereocenters. The number of aliphatic hydroxyl groups is 1. The lowest BCUT2D eigenvalue weighted by atomic mass is 10.1. The third-order valence-electron chi connectivity index (χ3n) is 5.49. The van der Waals surface area contributed by atoms with Crippen molar-refractivity contribution in [2.24, 2.45) is 7.05 Å². The maximum Gasteiger partial charge on any atom is 0.222 e. The van der Waals surface area contributed by atoms with E-state index in [1.54, 1.807) is 17.9 Å². The van der Waals surface area contributed by atoms with E-state index in [9.17, 15) is 5.11 Å². The number of ether oxygens (including phenoxy) is 3. The predicted octanol–water partition coefficient (Wildman–Crippen LogP) is 4.66.